The summed E-state index contributed by atoms with van der Waals surface area (Å²) in [5, 5.41) is 10.6. The predicted molar refractivity (Wildman–Crippen MR) is 83.0 cm³/mol. The number of hydrogen-bond acceptors (Lipinski definition) is 7. The maximum Gasteiger partial charge on any atom is 0.262 e. The van der Waals surface area contributed by atoms with Crippen molar-refractivity contribution < 1.29 is 9.53 Å². The number of aromatic nitrogens is 4. The first kappa shape index (κ1) is 14.3. The molecule has 0 aliphatic heterocycles. The van der Waals surface area contributed by atoms with Gasteiger partial charge in [-0.2, -0.15) is 13.8 Å². The molecule has 1 N–H and O–H groups in total. The second-order valence-electron chi connectivity index (χ2n) is 4.73. The molecule has 0 unspecified atom stereocenters. The summed E-state index contributed by atoms with van der Waals surface area (Å²) in [5.41, 5.74) is 3.84. The van der Waals surface area contributed by atoms with Gasteiger partial charge in [0, 0.05) is 6.07 Å². The summed E-state index contributed by atoms with van der Waals surface area (Å²) < 4.78 is 13.6. The highest BCUT2D eigenvalue weighted by molar-refractivity contribution is 7.00. The van der Waals surface area contributed by atoms with E-state index in [1.54, 1.807) is 12.1 Å². The van der Waals surface area contributed by atoms with Gasteiger partial charge in [-0.1, -0.05) is 6.07 Å². The van der Waals surface area contributed by atoms with E-state index in [4.69, 9.17) is 4.74 Å². The van der Waals surface area contributed by atoms with Crippen LogP contribution in [0.1, 0.15) is 11.3 Å². The second kappa shape index (κ2) is 6.02. The Morgan fingerprint density at radius 2 is 2.14 bits per heavy atom. The first-order valence-corrected chi connectivity index (χ1v) is 7.31. The van der Waals surface area contributed by atoms with Crippen molar-refractivity contribution in [1.82, 2.24) is 18.9 Å². The third-order valence-electron chi connectivity index (χ3n) is 3.12. The highest BCUT2D eigenvalue weighted by Crippen LogP contribution is 2.21. The maximum absolute atomic E-state index is 12.0. The number of amides is 1. The van der Waals surface area contributed by atoms with Crippen LogP contribution in [0.2, 0.25) is 0 Å². The maximum atomic E-state index is 12.0. The first-order chi connectivity index (χ1) is 10.6. The molecule has 1 amide bonds. The van der Waals surface area contributed by atoms with Gasteiger partial charge >= 0.3 is 0 Å². The molecule has 0 saturated carbocycles. The lowest BCUT2D eigenvalue weighted by Crippen LogP contribution is -2.20. The van der Waals surface area contributed by atoms with Crippen molar-refractivity contribution in [3.63, 3.8) is 0 Å². The van der Waals surface area contributed by atoms with Crippen molar-refractivity contribution in [2.24, 2.45) is 0 Å². The number of benzene rings is 1. The van der Waals surface area contributed by atoms with Crippen LogP contribution in [-0.2, 0) is 4.79 Å². The lowest BCUT2D eigenvalue weighted by atomic mass is 10.2. The number of nitrogens with zero attached hydrogens (tertiary/aromatic N) is 4. The Labute approximate surface area is 130 Å². The van der Waals surface area contributed by atoms with E-state index in [1.807, 2.05) is 26.0 Å². The first-order valence-electron chi connectivity index (χ1n) is 6.58. The minimum atomic E-state index is -0.291. The van der Waals surface area contributed by atoms with Crippen molar-refractivity contribution >= 4 is 34.4 Å². The highest BCUT2D eigenvalue weighted by Gasteiger charge is 2.10. The molecule has 8 heteroatoms. The van der Waals surface area contributed by atoms with Crippen molar-refractivity contribution in [2.75, 3.05) is 11.9 Å². The van der Waals surface area contributed by atoms with Crippen LogP contribution >= 0.6 is 11.7 Å². The van der Waals surface area contributed by atoms with Gasteiger partial charge in [-0.15, -0.1) is 5.10 Å². The summed E-state index contributed by atoms with van der Waals surface area (Å²) in [4.78, 5) is 12.0. The average molecular weight is 315 g/mol. The number of fused-ring (bicyclic) bond motifs is 1. The van der Waals surface area contributed by atoms with Gasteiger partial charge in [0.15, 0.2) is 6.61 Å². The SMILES string of the molecule is Cc1cc(OCC(=O)Nc2cccc3nsnc23)nnc1C. The Hall–Kier alpha value is -2.61. The Balaban J connectivity index is 1.65. The topological polar surface area (TPSA) is 89.9 Å². The number of rotatable bonds is 4. The van der Waals surface area contributed by atoms with Crippen LogP contribution < -0.4 is 10.1 Å². The van der Waals surface area contributed by atoms with Crippen molar-refractivity contribution in [2.45, 2.75) is 13.8 Å². The molecule has 0 radical (unpaired) electrons. The molecule has 2 aromatic heterocycles. The van der Waals surface area contributed by atoms with Gasteiger partial charge in [-0.3, -0.25) is 4.79 Å². The second-order valence-corrected chi connectivity index (χ2v) is 5.25. The van der Waals surface area contributed by atoms with Gasteiger partial charge < -0.3 is 10.1 Å². The van der Waals surface area contributed by atoms with E-state index in [-0.39, 0.29) is 12.5 Å². The zero-order chi connectivity index (χ0) is 15.5. The van der Waals surface area contributed by atoms with E-state index < -0.39 is 0 Å². The van der Waals surface area contributed by atoms with Gasteiger partial charge in [0.1, 0.15) is 11.0 Å². The summed E-state index contributed by atoms with van der Waals surface area (Å²) in [5.74, 6) is 0.0345. The molecule has 1 aromatic carbocycles. The Morgan fingerprint density at radius 1 is 1.27 bits per heavy atom. The lowest BCUT2D eigenvalue weighted by molar-refractivity contribution is -0.118. The van der Waals surface area contributed by atoms with E-state index >= 15 is 0 Å². The molecule has 112 valence electrons. The lowest BCUT2D eigenvalue weighted by Gasteiger charge is -2.07. The summed E-state index contributed by atoms with van der Waals surface area (Å²) >= 11 is 1.11. The van der Waals surface area contributed by atoms with Gasteiger partial charge in [0.25, 0.3) is 5.91 Å². The van der Waals surface area contributed by atoms with E-state index in [0.717, 1.165) is 28.5 Å². The van der Waals surface area contributed by atoms with Crippen LogP contribution in [0.5, 0.6) is 5.88 Å². The van der Waals surface area contributed by atoms with Crippen LogP contribution in [0.15, 0.2) is 24.3 Å². The van der Waals surface area contributed by atoms with Gasteiger partial charge in [-0.25, -0.2) is 0 Å². The number of carbonyl (C=O) groups is 1. The van der Waals surface area contributed by atoms with Gasteiger partial charge in [-0.05, 0) is 31.5 Å². The summed E-state index contributed by atoms with van der Waals surface area (Å²) in [7, 11) is 0. The predicted octanol–water partition coefficient (Wildman–Crippen LogP) is 2.12. The molecule has 0 aliphatic carbocycles. The van der Waals surface area contributed by atoms with E-state index in [9.17, 15) is 4.79 Å². The smallest absolute Gasteiger partial charge is 0.262 e. The van der Waals surface area contributed by atoms with E-state index in [0.29, 0.717) is 17.1 Å². The van der Waals surface area contributed by atoms with Crippen molar-refractivity contribution in [1.29, 1.82) is 0 Å². The van der Waals surface area contributed by atoms with Gasteiger partial charge in [0.2, 0.25) is 5.88 Å². The van der Waals surface area contributed by atoms with Crippen LogP contribution in [0.4, 0.5) is 5.69 Å². The van der Waals surface area contributed by atoms with Crippen molar-refractivity contribution in [3.8, 4) is 5.88 Å². The summed E-state index contributed by atoms with van der Waals surface area (Å²) in [6, 6.07) is 7.18. The normalized spacial score (nSPS) is 10.6. The Bertz CT molecular complexity index is 833. The molecule has 0 spiro atoms. The molecule has 0 atom stereocenters. The minimum absolute atomic E-state index is 0.148. The van der Waals surface area contributed by atoms with Crippen molar-refractivity contribution in [3.05, 3.63) is 35.5 Å². The van der Waals surface area contributed by atoms with E-state index in [1.165, 1.54) is 0 Å². The monoisotopic (exact) mass is 315 g/mol. The number of ether oxygens (including phenoxy) is 1. The zero-order valence-electron chi connectivity index (χ0n) is 12.0. The minimum Gasteiger partial charge on any atom is -0.466 e. The number of hydrogen-bond donors (Lipinski definition) is 1. The van der Waals surface area contributed by atoms with E-state index in [2.05, 4.69) is 24.3 Å². The molecule has 3 rings (SSSR count). The number of aryl methyl sites for hydroxylation is 2. The fraction of sp³-hybridized carbons (Fsp3) is 0.214. The molecule has 3 aromatic rings. The third kappa shape index (κ3) is 3.01. The fourth-order valence-corrected chi connectivity index (χ4v) is 2.37. The zero-order valence-corrected chi connectivity index (χ0v) is 12.8. The quantitative estimate of drug-likeness (QED) is 0.793. The molecule has 2 heterocycles. The number of nitrogens with one attached hydrogen (secondary N) is 1. The van der Waals surface area contributed by atoms with Gasteiger partial charge in [0.05, 0.1) is 23.1 Å². The fourth-order valence-electron chi connectivity index (χ4n) is 1.83. The number of anilines is 1. The van der Waals surface area contributed by atoms with Crippen LogP contribution in [-0.4, -0.2) is 31.5 Å². The molecule has 22 heavy (non-hydrogen) atoms. The largest absolute Gasteiger partial charge is 0.466 e. The third-order valence-corrected chi connectivity index (χ3v) is 3.66. The molecule has 7 nitrogen and oxygen atoms in total. The highest BCUT2D eigenvalue weighted by atomic mass is 32.1. The molecular formula is C14H13N5O2S. The standard InChI is InChI=1S/C14H13N5O2S/c1-8-6-13(17-16-9(8)2)21-7-12(20)15-10-4-3-5-11-14(10)19-22-18-11/h3-6H,7H2,1-2H3,(H,15,20). The van der Waals surface area contributed by atoms with Crippen LogP contribution in [0.25, 0.3) is 11.0 Å². The molecule has 0 aliphatic rings. The molecule has 0 bridgehead atoms. The Kier molecular flexibility index (Phi) is 3.92. The average Bonchev–Trinajstić information content (AvgIpc) is 2.98. The molecule has 0 saturated heterocycles. The Morgan fingerprint density at radius 3 is 2.95 bits per heavy atom. The van der Waals surface area contributed by atoms with Crippen LogP contribution in [0.3, 0.4) is 0 Å². The number of carbonyl (C=O) groups excluding carboxylic acids is 1. The summed E-state index contributed by atoms with van der Waals surface area (Å²) in [6.45, 7) is 3.62. The molecular weight excluding hydrogens is 302 g/mol. The summed E-state index contributed by atoms with van der Waals surface area (Å²) in [6.07, 6.45) is 0. The van der Waals surface area contributed by atoms with Crippen LogP contribution in [0, 0.1) is 13.8 Å². The molecule has 0 fully saturated rings.